The molecule has 2 aromatic rings. The maximum Gasteiger partial charge on any atom is 0.276 e. The molecule has 0 amide bonds. The summed E-state index contributed by atoms with van der Waals surface area (Å²) < 4.78 is 11.1. The van der Waals surface area contributed by atoms with Gasteiger partial charge in [-0.1, -0.05) is 23.9 Å². The fourth-order valence-electron chi connectivity index (χ4n) is 1.54. The molecule has 0 saturated carbocycles. The van der Waals surface area contributed by atoms with Crippen LogP contribution in [0.25, 0.3) is 11.5 Å². The van der Waals surface area contributed by atoms with E-state index in [9.17, 15) is 5.11 Å². The zero-order chi connectivity index (χ0) is 14.6. The molecule has 1 N–H and O–H groups in total. The average molecular weight is 294 g/mol. The number of aromatic nitrogens is 2. The lowest BCUT2D eigenvalue weighted by atomic mass is 10.2. The van der Waals surface area contributed by atoms with Gasteiger partial charge in [-0.25, -0.2) is 0 Å². The van der Waals surface area contributed by atoms with Gasteiger partial charge in [0.25, 0.3) is 11.1 Å². The quantitative estimate of drug-likeness (QED) is 0.826. The molecule has 0 aliphatic carbocycles. The molecule has 0 aliphatic heterocycles. The second kappa shape index (κ2) is 6.28. The molecule has 20 heavy (non-hydrogen) atoms. The van der Waals surface area contributed by atoms with Gasteiger partial charge in [0.1, 0.15) is 5.75 Å². The third-order valence-corrected chi connectivity index (χ3v) is 3.64. The van der Waals surface area contributed by atoms with Gasteiger partial charge in [0.05, 0.1) is 17.8 Å². The predicted octanol–water partition coefficient (Wildman–Crippen LogP) is 3.00. The molecular formula is C14H18N2O3S. The van der Waals surface area contributed by atoms with Crippen molar-refractivity contribution < 1.29 is 14.3 Å². The van der Waals surface area contributed by atoms with Crippen LogP contribution in [0, 0.1) is 0 Å². The van der Waals surface area contributed by atoms with Crippen LogP contribution in [-0.2, 0) is 0 Å². The number of aliphatic hydroxyl groups is 1. The van der Waals surface area contributed by atoms with Crippen molar-refractivity contribution in [2.24, 2.45) is 0 Å². The van der Waals surface area contributed by atoms with Gasteiger partial charge in [-0.2, -0.15) is 0 Å². The Morgan fingerprint density at radius 1 is 1.30 bits per heavy atom. The Kier molecular flexibility index (Phi) is 4.67. The largest absolute Gasteiger partial charge is 0.493 e. The van der Waals surface area contributed by atoms with Crippen LogP contribution in [0.1, 0.15) is 20.8 Å². The van der Waals surface area contributed by atoms with Crippen molar-refractivity contribution in [1.29, 1.82) is 0 Å². The summed E-state index contributed by atoms with van der Waals surface area (Å²) in [6.07, 6.45) is 0. The maximum absolute atomic E-state index is 9.69. The van der Waals surface area contributed by atoms with Gasteiger partial charge in [-0.15, -0.1) is 10.2 Å². The third-order valence-electron chi connectivity index (χ3n) is 2.37. The zero-order valence-corrected chi connectivity index (χ0v) is 12.6. The van der Waals surface area contributed by atoms with Gasteiger partial charge in [-0.05, 0) is 32.9 Å². The minimum atomic E-state index is -0.775. The van der Waals surface area contributed by atoms with Gasteiger partial charge < -0.3 is 14.3 Å². The molecule has 6 heteroatoms. The number of rotatable bonds is 6. The van der Waals surface area contributed by atoms with Crippen molar-refractivity contribution >= 4 is 11.8 Å². The molecule has 0 spiro atoms. The summed E-state index contributed by atoms with van der Waals surface area (Å²) >= 11 is 1.33. The fourth-order valence-corrected chi connectivity index (χ4v) is 2.25. The summed E-state index contributed by atoms with van der Waals surface area (Å²) in [7, 11) is 0. The van der Waals surface area contributed by atoms with E-state index in [-0.39, 0.29) is 0 Å². The highest BCUT2D eigenvalue weighted by Gasteiger charge is 2.17. The van der Waals surface area contributed by atoms with Crippen LogP contribution in [0.15, 0.2) is 33.9 Å². The Balaban J connectivity index is 2.16. The minimum Gasteiger partial charge on any atom is -0.493 e. The van der Waals surface area contributed by atoms with E-state index < -0.39 is 5.60 Å². The van der Waals surface area contributed by atoms with Crippen LogP contribution in [-0.4, -0.2) is 33.3 Å². The first-order chi connectivity index (χ1) is 9.49. The molecule has 1 heterocycles. The molecule has 1 aromatic carbocycles. The van der Waals surface area contributed by atoms with Crippen LogP contribution in [0.2, 0.25) is 0 Å². The topological polar surface area (TPSA) is 68.4 Å². The van der Waals surface area contributed by atoms with Crippen LogP contribution >= 0.6 is 11.8 Å². The second-order valence-electron chi connectivity index (χ2n) is 4.90. The van der Waals surface area contributed by atoms with Crippen LogP contribution < -0.4 is 4.74 Å². The molecule has 0 atom stereocenters. The van der Waals surface area contributed by atoms with Crippen LogP contribution in [0.5, 0.6) is 5.75 Å². The maximum atomic E-state index is 9.69. The van der Waals surface area contributed by atoms with E-state index in [1.54, 1.807) is 13.8 Å². The average Bonchev–Trinajstić information content (AvgIpc) is 2.85. The second-order valence-corrected chi connectivity index (χ2v) is 5.83. The van der Waals surface area contributed by atoms with E-state index in [4.69, 9.17) is 9.15 Å². The van der Waals surface area contributed by atoms with Crippen LogP contribution in [0.4, 0.5) is 0 Å². The summed E-state index contributed by atoms with van der Waals surface area (Å²) in [5.41, 5.74) is -0.000307. The highest BCUT2D eigenvalue weighted by Crippen LogP contribution is 2.31. The first-order valence-corrected chi connectivity index (χ1v) is 7.39. The zero-order valence-electron chi connectivity index (χ0n) is 11.8. The Morgan fingerprint density at radius 3 is 2.75 bits per heavy atom. The highest BCUT2D eigenvalue weighted by atomic mass is 32.2. The molecule has 108 valence electrons. The van der Waals surface area contributed by atoms with E-state index in [0.29, 0.717) is 23.5 Å². The number of nitrogens with zero attached hydrogens (tertiary/aromatic N) is 2. The lowest BCUT2D eigenvalue weighted by Gasteiger charge is -2.14. The number of thioether (sulfide) groups is 1. The summed E-state index contributed by atoms with van der Waals surface area (Å²) in [4.78, 5) is 0. The molecule has 0 bridgehead atoms. The first kappa shape index (κ1) is 14.9. The van der Waals surface area contributed by atoms with Crippen molar-refractivity contribution in [3.63, 3.8) is 0 Å². The lowest BCUT2D eigenvalue weighted by Crippen LogP contribution is -2.21. The lowest BCUT2D eigenvalue weighted by molar-refractivity contribution is 0.106. The summed E-state index contributed by atoms with van der Waals surface area (Å²) in [6.45, 7) is 5.98. The monoisotopic (exact) mass is 294 g/mol. The van der Waals surface area contributed by atoms with E-state index >= 15 is 0 Å². The van der Waals surface area contributed by atoms with E-state index in [1.807, 2.05) is 31.2 Å². The summed E-state index contributed by atoms with van der Waals surface area (Å²) in [5.74, 6) is 1.63. The molecule has 0 aliphatic rings. The number of benzene rings is 1. The highest BCUT2D eigenvalue weighted by molar-refractivity contribution is 7.99. The fraction of sp³-hybridized carbons (Fsp3) is 0.429. The molecule has 0 saturated heterocycles. The van der Waals surface area contributed by atoms with E-state index in [1.165, 1.54) is 11.8 Å². The van der Waals surface area contributed by atoms with Crippen molar-refractivity contribution in [3.8, 4) is 17.2 Å². The molecule has 0 unspecified atom stereocenters. The molecular weight excluding hydrogens is 276 g/mol. The predicted molar refractivity (Wildman–Crippen MR) is 77.9 cm³/mol. The standard InChI is InChI=1S/C14H18N2O3S/c1-4-18-11-8-6-5-7-10(11)12-15-16-13(19-12)20-9-14(2,3)17/h5-8,17H,4,9H2,1-3H3. The Morgan fingerprint density at radius 2 is 2.05 bits per heavy atom. The van der Waals surface area contributed by atoms with Crippen LogP contribution in [0.3, 0.4) is 0 Å². The smallest absolute Gasteiger partial charge is 0.276 e. The Hall–Kier alpha value is -1.53. The molecule has 5 nitrogen and oxygen atoms in total. The van der Waals surface area contributed by atoms with Crippen molar-refractivity contribution in [2.45, 2.75) is 31.6 Å². The number of ether oxygens (including phenoxy) is 1. The van der Waals surface area contributed by atoms with E-state index in [2.05, 4.69) is 10.2 Å². The first-order valence-electron chi connectivity index (χ1n) is 6.40. The number of hydrogen-bond acceptors (Lipinski definition) is 6. The van der Waals surface area contributed by atoms with Crippen molar-refractivity contribution in [1.82, 2.24) is 10.2 Å². The molecule has 2 rings (SSSR count). The SMILES string of the molecule is CCOc1ccccc1-c1nnc(SCC(C)(C)O)o1. The third kappa shape index (κ3) is 3.98. The van der Waals surface area contributed by atoms with Crippen molar-refractivity contribution in [3.05, 3.63) is 24.3 Å². The van der Waals surface area contributed by atoms with Gasteiger partial charge in [0, 0.05) is 5.75 Å². The van der Waals surface area contributed by atoms with Gasteiger partial charge in [-0.3, -0.25) is 0 Å². The normalized spacial score (nSPS) is 11.6. The summed E-state index contributed by atoms with van der Waals surface area (Å²) in [5, 5.41) is 18.1. The minimum absolute atomic E-state index is 0.423. The molecule has 0 radical (unpaired) electrons. The van der Waals surface area contributed by atoms with Gasteiger partial charge in [0.15, 0.2) is 0 Å². The van der Waals surface area contributed by atoms with Crippen molar-refractivity contribution in [2.75, 3.05) is 12.4 Å². The van der Waals surface area contributed by atoms with E-state index in [0.717, 1.165) is 11.3 Å². The molecule has 1 aromatic heterocycles. The van der Waals surface area contributed by atoms with Gasteiger partial charge in [0.2, 0.25) is 0 Å². The van der Waals surface area contributed by atoms with Gasteiger partial charge >= 0.3 is 0 Å². The Bertz CT molecular complexity index is 564. The summed E-state index contributed by atoms with van der Waals surface area (Å²) in [6, 6.07) is 7.54. The number of para-hydroxylation sites is 1. The molecule has 0 fully saturated rings. The number of hydrogen-bond donors (Lipinski definition) is 1. The Labute approximate surface area is 122 Å².